The van der Waals surface area contributed by atoms with Crippen molar-refractivity contribution in [2.24, 2.45) is 34.5 Å². The summed E-state index contributed by atoms with van der Waals surface area (Å²) >= 11 is 0. The number of rotatable bonds is 6. The Balaban J connectivity index is 1.18. The number of fused-ring (bicyclic) bond motifs is 5. The Morgan fingerprint density at radius 3 is 2.41 bits per heavy atom. The Kier molecular flexibility index (Phi) is 8.46. The highest BCUT2D eigenvalue weighted by Gasteiger charge is 2.70. The Labute approximate surface area is 260 Å². The number of cyclic esters (lactones) is 1. The van der Waals surface area contributed by atoms with Crippen LogP contribution in [0.3, 0.4) is 0 Å². The van der Waals surface area contributed by atoms with E-state index in [4.69, 9.17) is 28.4 Å². The van der Waals surface area contributed by atoms with Gasteiger partial charge in [-0.05, 0) is 93.5 Å². The molecule has 246 valence electrons. The molecule has 4 saturated carbocycles. The van der Waals surface area contributed by atoms with Gasteiger partial charge in [0.05, 0.1) is 12.2 Å². The van der Waals surface area contributed by atoms with E-state index >= 15 is 0 Å². The zero-order chi connectivity index (χ0) is 31.6. The van der Waals surface area contributed by atoms with Gasteiger partial charge in [0.15, 0.2) is 12.4 Å². The predicted octanol–water partition coefficient (Wildman–Crippen LogP) is 4.25. The molecule has 44 heavy (non-hydrogen) atoms. The van der Waals surface area contributed by atoms with Crippen LogP contribution in [0.1, 0.15) is 92.4 Å². The Morgan fingerprint density at radius 1 is 0.977 bits per heavy atom. The van der Waals surface area contributed by atoms with E-state index in [1.165, 1.54) is 21.0 Å². The number of methoxy groups -OCH3 is 1. The lowest BCUT2D eigenvalue weighted by Gasteiger charge is -2.64. The Bertz CT molecular complexity index is 1180. The molecule has 6 aliphatic rings. The highest BCUT2D eigenvalue weighted by Crippen LogP contribution is 2.71. The molecule has 0 amide bonds. The Morgan fingerprint density at radius 2 is 1.75 bits per heavy atom. The number of ether oxygens (including phenoxy) is 6. The molecule has 0 bridgehead atoms. The van der Waals surface area contributed by atoms with E-state index in [0.29, 0.717) is 18.4 Å². The average molecular weight is 619 g/mol. The molecule has 2 aliphatic heterocycles. The van der Waals surface area contributed by atoms with Crippen molar-refractivity contribution in [2.75, 3.05) is 13.7 Å². The van der Waals surface area contributed by atoms with Crippen LogP contribution >= 0.6 is 0 Å². The molecule has 1 saturated heterocycles. The number of aliphatic hydroxyl groups is 1. The van der Waals surface area contributed by atoms with Crippen LogP contribution < -0.4 is 0 Å². The van der Waals surface area contributed by atoms with E-state index in [0.717, 1.165) is 63.4 Å². The molecule has 0 aromatic heterocycles. The topological polar surface area (TPSA) is 127 Å². The van der Waals surface area contributed by atoms with Gasteiger partial charge in [-0.15, -0.1) is 0 Å². The summed E-state index contributed by atoms with van der Waals surface area (Å²) in [7, 11) is 1.49. The van der Waals surface area contributed by atoms with Crippen molar-refractivity contribution >= 4 is 17.9 Å². The fourth-order valence-electron chi connectivity index (χ4n) is 10.9. The van der Waals surface area contributed by atoms with Gasteiger partial charge in [-0.25, -0.2) is 4.79 Å². The van der Waals surface area contributed by atoms with Gasteiger partial charge in [-0.2, -0.15) is 0 Å². The van der Waals surface area contributed by atoms with Gasteiger partial charge in [0.2, 0.25) is 0 Å². The maximum absolute atomic E-state index is 12.7. The van der Waals surface area contributed by atoms with Gasteiger partial charge in [0.1, 0.15) is 24.4 Å². The molecule has 5 fully saturated rings. The summed E-state index contributed by atoms with van der Waals surface area (Å²) in [5, 5.41) is 11.1. The lowest BCUT2D eigenvalue weighted by atomic mass is 9.43. The van der Waals surface area contributed by atoms with E-state index in [-0.39, 0.29) is 40.7 Å². The third kappa shape index (κ3) is 5.03. The van der Waals surface area contributed by atoms with Gasteiger partial charge < -0.3 is 33.5 Å². The minimum absolute atomic E-state index is 0.0711. The van der Waals surface area contributed by atoms with Crippen molar-refractivity contribution in [3.63, 3.8) is 0 Å². The minimum atomic E-state index is -1.09. The van der Waals surface area contributed by atoms with Crippen LogP contribution in [0.4, 0.5) is 0 Å². The molecule has 10 nitrogen and oxygen atoms in total. The highest BCUT2D eigenvalue weighted by atomic mass is 16.7. The predicted molar refractivity (Wildman–Crippen MR) is 157 cm³/mol. The molecule has 1 N–H and O–H groups in total. The largest absolute Gasteiger partial charge is 0.458 e. The zero-order valence-electron chi connectivity index (χ0n) is 27.0. The Hall–Kier alpha value is -2.01. The maximum Gasteiger partial charge on any atom is 0.331 e. The molecule has 10 heteroatoms. The van der Waals surface area contributed by atoms with Crippen molar-refractivity contribution in [1.82, 2.24) is 0 Å². The summed E-state index contributed by atoms with van der Waals surface area (Å²) < 4.78 is 35.3. The minimum Gasteiger partial charge on any atom is -0.458 e. The zero-order valence-corrected chi connectivity index (χ0v) is 27.0. The molecule has 0 aromatic carbocycles. The lowest BCUT2D eigenvalue weighted by molar-refractivity contribution is -0.314. The van der Waals surface area contributed by atoms with Crippen LogP contribution in [0, 0.1) is 34.5 Å². The molecule has 13 atom stereocenters. The monoisotopic (exact) mass is 618 g/mol. The summed E-state index contributed by atoms with van der Waals surface area (Å²) in [6.07, 6.45) is 6.12. The van der Waals surface area contributed by atoms with Crippen LogP contribution in [0.2, 0.25) is 0 Å². The summed E-state index contributed by atoms with van der Waals surface area (Å²) in [6.45, 7) is 9.75. The molecule has 4 aliphatic carbocycles. The quantitative estimate of drug-likeness (QED) is 0.262. The normalized spacial score (nSPS) is 48.3. The molecule has 2 heterocycles. The van der Waals surface area contributed by atoms with E-state index in [1.54, 1.807) is 13.0 Å². The van der Waals surface area contributed by atoms with Crippen molar-refractivity contribution < 1.29 is 47.9 Å². The van der Waals surface area contributed by atoms with Crippen LogP contribution in [-0.2, 0) is 42.8 Å². The highest BCUT2D eigenvalue weighted by molar-refractivity contribution is 5.85. The second-order valence-electron chi connectivity index (χ2n) is 14.9. The lowest BCUT2D eigenvalue weighted by Crippen LogP contribution is -2.64. The molecule has 0 spiro atoms. The number of carbonyl (C=O) groups excluding carboxylic acids is 3. The van der Waals surface area contributed by atoms with Crippen molar-refractivity contribution in [3.8, 4) is 0 Å². The second kappa shape index (κ2) is 11.7. The first kappa shape index (κ1) is 32.0. The van der Waals surface area contributed by atoms with Gasteiger partial charge in [0, 0.05) is 38.4 Å². The molecule has 6 rings (SSSR count). The number of hydrogen-bond donors (Lipinski definition) is 1. The van der Waals surface area contributed by atoms with E-state index in [9.17, 15) is 19.5 Å². The fraction of sp³-hybridized carbons (Fsp3) is 0.853. The average Bonchev–Trinajstić information content (AvgIpc) is 3.51. The van der Waals surface area contributed by atoms with E-state index in [2.05, 4.69) is 13.8 Å². The molecular weight excluding hydrogens is 568 g/mol. The molecule has 0 unspecified atom stereocenters. The SMILES string of the molecule is CO[C@H]1[C@H](O)[C@@H](O[C@H]2CC[C@@]3(C)[C@H](CC[C@@H]4[C@@H]3CC[C@]3(C)[C@@H](C5=CC(=O)OC5)CC[C@]43OC(C)=O)C2)O[C@@H](C)[C@@H]1OC(C)=O. The first-order valence-corrected chi connectivity index (χ1v) is 16.6. The summed E-state index contributed by atoms with van der Waals surface area (Å²) in [5.41, 5.74) is 0.342. The third-order valence-corrected chi connectivity index (χ3v) is 12.9. The second-order valence-corrected chi connectivity index (χ2v) is 14.9. The summed E-state index contributed by atoms with van der Waals surface area (Å²) in [5.74, 6) is 0.349. The summed E-state index contributed by atoms with van der Waals surface area (Å²) in [6, 6.07) is 0. The smallest absolute Gasteiger partial charge is 0.331 e. The first-order valence-electron chi connectivity index (χ1n) is 16.6. The van der Waals surface area contributed by atoms with E-state index < -0.39 is 42.3 Å². The van der Waals surface area contributed by atoms with Gasteiger partial charge in [-0.1, -0.05) is 13.8 Å². The van der Waals surface area contributed by atoms with Gasteiger partial charge >= 0.3 is 17.9 Å². The van der Waals surface area contributed by atoms with Gasteiger partial charge in [0.25, 0.3) is 0 Å². The summed E-state index contributed by atoms with van der Waals surface area (Å²) in [4.78, 5) is 36.3. The number of aliphatic hydroxyl groups excluding tert-OH is 1. The maximum atomic E-state index is 12.7. The third-order valence-electron chi connectivity index (χ3n) is 12.9. The number of carbonyl (C=O) groups is 3. The van der Waals surface area contributed by atoms with Crippen molar-refractivity contribution in [1.29, 1.82) is 0 Å². The van der Waals surface area contributed by atoms with Crippen molar-refractivity contribution in [3.05, 3.63) is 11.6 Å². The molecular formula is C34H50O10. The molecule has 0 radical (unpaired) electrons. The van der Waals surface area contributed by atoms with Crippen LogP contribution in [0.5, 0.6) is 0 Å². The van der Waals surface area contributed by atoms with Crippen molar-refractivity contribution in [2.45, 2.75) is 135 Å². The van der Waals surface area contributed by atoms with E-state index in [1.807, 2.05) is 0 Å². The van der Waals surface area contributed by atoms with Crippen LogP contribution in [-0.4, -0.2) is 79.1 Å². The fourth-order valence-corrected chi connectivity index (χ4v) is 10.9. The number of hydrogen-bond acceptors (Lipinski definition) is 10. The van der Waals surface area contributed by atoms with Gasteiger partial charge in [-0.3, -0.25) is 9.59 Å². The van der Waals surface area contributed by atoms with Crippen LogP contribution in [0.15, 0.2) is 11.6 Å². The first-order chi connectivity index (χ1) is 20.8. The standard InChI is InChI=1S/C34H50O10/c1-18-29(42-19(2)35)30(39-6)28(38)31(41-18)43-23-9-12-32(4)22(16-23)7-8-26-25(32)10-13-33(5)24(21-15-27(37)40-17-21)11-14-34(26,33)44-20(3)36/h15,18,22-26,28-31,38H,7-14,16-17H2,1-6H3/t18-,22+,23-,24+,25-,26+,28-,29-,30-,31+,32-,33+,34-/m0/s1. The van der Waals surface area contributed by atoms with Crippen LogP contribution in [0.25, 0.3) is 0 Å². The molecule has 0 aromatic rings. The number of esters is 3.